The summed E-state index contributed by atoms with van der Waals surface area (Å²) < 4.78 is 23.2. The summed E-state index contributed by atoms with van der Waals surface area (Å²) >= 11 is 0. The number of likely N-dealkylation sites (N-methyl/N-ethyl adjacent to an activating group) is 2. The molecule has 1 atom stereocenters. The maximum absolute atomic E-state index is 12.8. The molecule has 1 saturated carbocycles. The van der Waals surface area contributed by atoms with Gasteiger partial charge in [-0.1, -0.05) is 31.4 Å². The van der Waals surface area contributed by atoms with Crippen LogP contribution in [0.3, 0.4) is 0 Å². The lowest BCUT2D eigenvalue weighted by Crippen LogP contribution is -2.52. The fourth-order valence-corrected chi connectivity index (χ4v) is 4.23. The van der Waals surface area contributed by atoms with Crippen molar-refractivity contribution >= 4 is 15.7 Å². The second-order valence-electron chi connectivity index (χ2n) is 7.59. The van der Waals surface area contributed by atoms with Crippen LogP contribution < -0.4 is 0 Å². The molecule has 0 bridgehead atoms. The van der Waals surface area contributed by atoms with E-state index in [0.717, 1.165) is 37.7 Å². The van der Waals surface area contributed by atoms with Gasteiger partial charge in [-0.05, 0) is 44.5 Å². The maximum Gasteiger partial charge on any atom is 0.237 e. The van der Waals surface area contributed by atoms with E-state index in [1.807, 2.05) is 18.9 Å². The summed E-state index contributed by atoms with van der Waals surface area (Å²) in [6.07, 6.45) is 5.72. The van der Waals surface area contributed by atoms with E-state index in [4.69, 9.17) is 0 Å². The Morgan fingerprint density at radius 2 is 1.74 bits per heavy atom. The number of hydrogen-bond donors (Lipinski definition) is 0. The van der Waals surface area contributed by atoms with Gasteiger partial charge < -0.3 is 4.90 Å². The first-order valence-electron chi connectivity index (χ1n) is 9.29. The highest BCUT2D eigenvalue weighted by atomic mass is 32.2. The Morgan fingerprint density at radius 3 is 2.22 bits per heavy atom. The Labute approximate surface area is 162 Å². The predicted octanol–water partition coefficient (Wildman–Crippen LogP) is 2.77. The number of rotatable bonds is 6. The van der Waals surface area contributed by atoms with Crippen molar-refractivity contribution in [2.75, 3.05) is 26.9 Å². The fraction of sp³-hybridized carbons (Fsp3) is 0.600. The van der Waals surface area contributed by atoms with E-state index in [9.17, 15) is 18.5 Å². The third-order valence-electron chi connectivity index (χ3n) is 5.74. The molecule has 148 valence electrons. The second-order valence-corrected chi connectivity index (χ2v) is 9.60. The summed E-state index contributed by atoms with van der Waals surface area (Å²) in [6, 6.07) is 9.08. The minimum absolute atomic E-state index is 0.0552. The number of nitrogens with zero attached hydrogens (tertiary/aromatic N) is 3. The lowest BCUT2D eigenvalue weighted by Gasteiger charge is -2.40. The average Bonchev–Trinajstić information content (AvgIpc) is 2.66. The number of amides is 1. The molecule has 0 N–H and O–H groups in total. The van der Waals surface area contributed by atoms with E-state index in [1.165, 1.54) is 6.26 Å². The Hall–Kier alpha value is -1.91. The van der Waals surface area contributed by atoms with Crippen molar-refractivity contribution in [2.45, 2.75) is 55.5 Å². The van der Waals surface area contributed by atoms with Crippen LogP contribution in [-0.4, -0.2) is 56.6 Å². The van der Waals surface area contributed by atoms with Crippen LogP contribution in [0.4, 0.5) is 0 Å². The molecule has 0 spiro atoms. The third kappa shape index (κ3) is 4.88. The molecule has 27 heavy (non-hydrogen) atoms. The molecule has 0 radical (unpaired) electrons. The van der Waals surface area contributed by atoms with Crippen molar-refractivity contribution in [3.63, 3.8) is 0 Å². The number of sulfone groups is 1. The van der Waals surface area contributed by atoms with Gasteiger partial charge in [0.2, 0.25) is 5.91 Å². The molecule has 0 aliphatic heterocycles. The molecular weight excluding hydrogens is 362 g/mol. The molecule has 6 nitrogen and oxygen atoms in total. The van der Waals surface area contributed by atoms with E-state index >= 15 is 0 Å². The lowest BCUT2D eigenvalue weighted by atomic mass is 9.81. The Balaban J connectivity index is 2.06. The van der Waals surface area contributed by atoms with Crippen LogP contribution in [0.5, 0.6) is 0 Å². The summed E-state index contributed by atoms with van der Waals surface area (Å²) in [5, 5.41) is 9.67. The highest BCUT2D eigenvalue weighted by Gasteiger charge is 2.39. The summed E-state index contributed by atoms with van der Waals surface area (Å²) in [5.74, 6) is -0.0689. The van der Waals surface area contributed by atoms with Crippen molar-refractivity contribution in [3.05, 3.63) is 29.8 Å². The van der Waals surface area contributed by atoms with Crippen molar-refractivity contribution in [2.24, 2.45) is 0 Å². The summed E-state index contributed by atoms with van der Waals surface area (Å²) in [5.41, 5.74) is 0.254. The van der Waals surface area contributed by atoms with Gasteiger partial charge in [0, 0.05) is 19.3 Å². The Morgan fingerprint density at radius 1 is 1.19 bits per heavy atom. The van der Waals surface area contributed by atoms with Crippen molar-refractivity contribution in [1.29, 1.82) is 5.26 Å². The Kier molecular flexibility index (Phi) is 6.66. The fourth-order valence-electron chi connectivity index (χ4n) is 3.60. The van der Waals surface area contributed by atoms with Gasteiger partial charge in [0.05, 0.1) is 17.5 Å². The molecule has 1 aliphatic rings. The molecule has 0 heterocycles. The number of hydrogen-bond acceptors (Lipinski definition) is 5. The van der Waals surface area contributed by atoms with E-state index in [1.54, 1.807) is 36.2 Å². The summed E-state index contributed by atoms with van der Waals surface area (Å²) in [7, 11) is 0.371. The second kappa shape index (κ2) is 8.41. The molecular formula is C20H29N3O3S. The van der Waals surface area contributed by atoms with Crippen molar-refractivity contribution in [3.8, 4) is 6.07 Å². The largest absolute Gasteiger partial charge is 0.326 e. The number of carbonyl (C=O) groups is 1. The molecule has 1 aromatic carbocycles. The highest BCUT2D eigenvalue weighted by molar-refractivity contribution is 7.90. The molecule has 0 saturated heterocycles. The zero-order valence-corrected chi connectivity index (χ0v) is 17.4. The zero-order chi connectivity index (χ0) is 20.2. The van der Waals surface area contributed by atoms with Gasteiger partial charge in [-0.15, -0.1) is 0 Å². The van der Waals surface area contributed by atoms with Crippen LogP contribution in [0.2, 0.25) is 0 Å². The summed E-state index contributed by atoms with van der Waals surface area (Å²) in [4.78, 5) is 16.6. The first-order chi connectivity index (χ1) is 12.6. The van der Waals surface area contributed by atoms with Crippen LogP contribution in [-0.2, 0) is 14.6 Å². The third-order valence-corrected chi connectivity index (χ3v) is 6.87. The number of nitriles is 1. The van der Waals surface area contributed by atoms with Gasteiger partial charge in [0.15, 0.2) is 9.84 Å². The number of benzene rings is 1. The smallest absolute Gasteiger partial charge is 0.237 e. The highest BCUT2D eigenvalue weighted by Crippen LogP contribution is 2.32. The van der Waals surface area contributed by atoms with Gasteiger partial charge in [-0.2, -0.15) is 5.26 Å². The first-order valence-corrected chi connectivity index (χ1v) is 11.2. The van der Waals surface area contributed by atoms with Gasteiger partial charge in [-0.25, -0.2) is 8.42 Å². The van der Waals surface area contributed by atoms with Crippen LogP contribution in [0.15, 0.2) is 29.2 Å². The number of carbonyl (C=O) groups excluding carboxylic acids is 1. The van der Waals surface area contributed by atoms with Gasteiger partial charge >= 0.3 is 0 Å². The minimum atomic E-state index is -3.22. The Bertz CT molecular complexity index is 806. The van der Waals surface area contributed by atoms with Gasteiger partial charge in [0.25, 0.3) is 0 Å². The van der Waals surface area contributed by atoms with Crippen molar-refractivity contribution < 1.29 is 13.2 Å². The maximum atomic E-state index is 12.8. The van der Waals surface area contributed by atoms with Crippen LogP contribution in [0, 0.1) is 11.3 Å². The van der Waals surface area contributed by atoms with E-state index in [2.05, 4.69) is 6.07 Å². The molecule has 1 unspecified atom stereocenters. The standard InChI is InChI=1S/C20H29N3O3S/c1-16(17-8-10-18(11-9-17)27(4,25)26)22(2)14-19(24)23(3)20(15-21)12-6-5-7-13-20/h8-11,16H,5-7,12-14H2,1-4H3. The first kappa shape index (κ1) is 21.4. The van der Waals surface area contributed by atoms with Gasteiger partial charge in [-0.3, -0.25) is 9.69 Å². The van der Waals surface area contributed by atoms with Gasteiger partial charge in [0.1, 0.15) is 5.54 Å². The quantitative estimate of drug-likeness (QED) is 0.745. The van der Waals surface area contributed by atoms with E-state index < -0.39 is 15.4 Å². The summed E-state index contributed by atoms with van der Waals surface area (Å²) in [6.45, 7) is 2.18. The molecule has 1 aliphatic carbocycles. The van der Waals surface area contributed by atoms with Crippen LogP contribution in [0.25, 0.3) is 0 Å². The normalized spacial score (nSPS) is 17.9. The monoisotopic (exact) mass is 391 g/mol. The molecule has 1 fully saturated rings. The van der Waals surface area contributed by atoms with Crippen LogP contribution in [0.1, 0.15) is 50.6 Å². The molecule has 0 aromatic heterocycles. The van der Waals surface area contributed by atoms with E-state index in [0.29, 0.717) is 0 Å². The molecule has 1 amide bonds. The average molecular weight is 392 g/mol. The minimum Gasteiger partial charge on any atom is -0.326 e. The molecule has 2 rings (SSSR count). The molecule has 7 heteroatoms. The van der Waals surface area contributed by atoms with E-state index in [-0.39, 0.29) is 23.4 Å². The topological polar surface area (TPSA) is 81.5 Å². The SMILES string of the molecule is CC(c1ccc(S(C)(=O)=O)cc1)N(C)CC(=O)N(C)C1(C#N)CCCCC1. The zero-order valence-electron chi connectivity index (χ0n) is 16.6. The predicted molar refractivity (Wildman–Crippen MR) is 105 cm³/mol. The lowest BCUT2D eigenvalue weighted by molar-refractivity contribution is -0.136. The van der Waals surface area contributed by atoms with Crippen molar-refractivity contribution in [1.82, 2.24) is 9.80 Å². The van der Waals surface area contributed by atoms with Crippen LogP contribution >= 0.6 is 0 Å². The molecule has 1 aromatic rings.